The molecule has 0 atom stereocenters. The fourth-order valence-corrected chi connectivity index (χ4v) is 1.79. The predicted molar refractivity (Wildman–Crippen MR) is 84.6 cm³/mol. The summed E-state index contributed by atoms with van der Waals surface area (Å²) in [6, 6.07) is 15.9. The van der Waals surface area contributed by atoms with Crippen molar-refractivity contribution in [2.24, 2.45) is 0 Å². The van der Waals surface area contributed by atoms with Gasteiger partial charge in [-0.25, -0.2) is 4.79 Å². The molecule has 3 amide bonds. The number of nitrogens with zero attached hydrogens (tertiary/aromatic N) is 1. The lowest BCUT2D eigenvalue weighted by atomic mass is 10.2. The van der Waals surface area contributed by atoms with Gasteiger partial charge in [-0.1, -0.05) is 24.3 Å². The number of para-hydroxylation sites is 1. The second kappa shape index (κ2) is 6.56. The lowest BCUT2D eigenvalue weighted by Gasteiger charge is -2.16. The lowest BCUT2D eigenvalue weighted by Crippen LogP contribution is -2.23. The van der Waals surface area contributed by atoms with Gasteiger partial charge in [0, 0.05) is 31.0 Å². The van der Waals surface area contributed by atoms with Crippen LogP contribution in [0.25, 0.3) is 0 Å². The van der Waals surface area contributed by atoms with Crippen molar-refractivity contribution in [2.75, 3.05) is 22.6 Å². The van der Waals surface area contributed by atoms with Crippen molar-refractivity contribution in [3.63, 3.8) is 0 Å². The summed E-state index contributed by atoms with van der Waals surface area (Å²) in [6.07, 6.45) is 0. The average Bonchev–Trinajstić information content (AvgIpc) is 2.47. The molecule has 2 N–H and O–H groups in total. The molecular weight excluding hydrogens is 266 g/mol. The maximum atomic E-state index is 11.9. The van der Waals surface area contributed by atoms with Crippen molar-refractivity contribution < 1.29 is 9.59 Å². The summed E-state index contributed by atoms with van der Waals surface area (Å²) in [7, 11) is 1.69. The number of anilines is 3. The van der Waals surface area contributed by atoms with Crippen molar-refractivity contribution in [2.45, 2.75) is 6.92 Å². The summed E-state index contributed by atoms with van der Waals surface area (Å²) >= 11 is 0. The Morgan fingerprint density at radius 1 is 0.905 bits per heavy atom. The highest BCUT2D eigenvalue weighted by atomic mass is 16.2. The largest absolute Gasteiger partial charge is 0.323 e. The van der Waals surface area contributed by atoms with E-state index in [9.17, 15) is 9.59 Å². The molecule has 0 spiro atoms. The number of hydrogen-bond acceptors (Lipinski definition) is 2. The number of amides is 3. The number of hydrogen-bond donors (Lipinski definition) is 2. The molecule has 2 aromatic rings. The third kappa shape index (κ3) is 4.07. The maximum Gasteiger partial charge on any atom is 0.323 e. The Kier molecular flexibility index (Phi) is 4.56. The van der Waals surface area contributed by atoms with Gasteiger partial charge in [0.2, 0.25) is 5.91 Å². The fraction of sp³-hybridized carbons (Fsp3) is 0.125. The van der Waals surface area contributed by atoms with Crippen LogP contribution in [0.1, 0.15) is 6.92 Å². The zero-order valence-electron chi connectivity index (χ0n) is 12.0. The van der Waals surface area contributed by atoms with Crippen LogP contribution < -0.4 is 15.5 Å². The molecule has 2 rings (SSSR count). The lowest BCUT2D eigenvalue weighted by molar-refractivity contribution is -0.116. The summed E-state index contributed by atoms with van der Waals surface area (Å²) in [5, 5.41) is 5.47. The molecule has 0 heterocycles. The molecule has 5 heteroatoms. The minimum Gasteiger partial charge on any atom is -0.316 e. The van der Waals surface area contributed by atoms with E-state index in [-0.39, 0.29) is 11.9 Å². The molecule has 0 saturated carbocycles. The van der Waals surface area contributed by atoms with E-state index in [2.05, 4.69) is 10.6 Å². The molecule has 0 saturated heterocycles. The van der Waals surface area contributed by atoms with E-state index in [0.717, 1.165) is 5.69 Å². The molecule has 0 aromatic heterocycles. The number of benzene rings is 2. The molecule has 2 aromatic carbocycles. The van der Waals surface area contributed by atoms with Gasteiger partial charge in [-0.05, 0) is 30.3 Å². The Morgan fingerprint density at radius 3 is 2.19 bits per heavy atom. The van der Waals surface area contributed by atoms with E-state index in [1.54, 1.807) is 37.4 Å². The zero-order valence-corrected chi connectivity index (χ0v) is 12.0. The van der Waals surface area contributed by atoms with Gasteiger partial charge in [-0.15, -0.1) is 0 Å². The molecule has 0 unspecified atom stereocenters. The second-order valence-electron chi connectivity index (χ2n) is 4.57. The highest BCUT2D eigenvalue weighted by molar-refractivity contribution is 6.00. The first-order valence-electron chi connectivity index (χ1n) is 6.53. The molecular formula is C16H17N3O2. The first-order chi connectivity index (χ1) is 10.1. The molecule has 0 aliphatic rings. The first kappa shape index (κ1) is 14.6. The Hall–Kier alpha value is -2.82. The summed E-state index contributed by atoms with van der Waals surface area (Å²) in [6.45, 7) is 1.49. The van der Waals surface area contributed by atoms with Crippen LogP contribution in [0.4, 0.5) is 21.9 Å². The molecule has 0 fully saturated rings. The van der Waals surface area contributed by atoms with Crippen molar-refractivity contribution in [3.05, 3.63) is 54.6 Å². The summed E-state index contributed by atoms with van der Waals surface area (Å²) in [5.41, 5.74) is 2.06. The van der Waals surface area contributed by atoms with Crippen LogP contribution in [-0.4, -0.2) is 19.0 Å². The molecule has 108 valence electrons. The van der Waals surface area contributed by atoms with E-state index in [1.165, 1.54) is 11.8 Å². The SMILES string of the molecule is CC(=O)N(C)c1cccc(NC(=O)Nc2ccccc2)c1. The van der Waals surface area contributed by atoms with Gasteiger partial charge >= 0.3 is 6.03 Å². The highest BCUT2D eigenvalue weighted by Crippen LogP contribution is 2.18. The Morgan fingerprint density at radius 2 is 1.52 bits per heavy atom. The highest BCUT2D eigenvalue weighted by Gasteiger charge is 2.07. The summed E-state index contributed by atoms with van der Waals surface area (Å²) in [4.78, 5) is 24.8. The van der Waals surface area contributed by atoms with Gasteiger partial charge in [-0.2, -0.15) is 0 Å². The van der Waals surface area contributed by atoms with Gasteiger partial charge in [0.15, 0.2) is 0 Å². The third-order valence-corrected chi connectivity index (χ3v) is 3.00. The van der Waals surface area contributed by atoms with Crippen LogP contribution in [0.2, 0.25) is 0 Å². The van der Waals surface area contributed by atoms with Gasteiger partial charge in [-0.3, -0.25) is 4.79 Å². The van der Waals surface area contributed by atoms with Gasteiger partial charge in [0.25, 0.3) is 0 Å². The normalized spacial score (nSPS) is 9.81. The zero-order chi connectivity index (χ0) is 15.2. The van der Waals surface area contributed by atoms with Crippen molar-refractivity contribution in [1.29, 1.82) is 0 Å². The minimum absolute atomic E-state index is 0.0686. The predicted octanol–water partition coefficient (Wildman–Crippen LogP) is 3.31. The Labute approximate surface area is 123 Å². The summed E-state index contributed by atoms with van der Waals surface area (Å²) in [5.74, 6) is -0.0686. The number of carbonyl (C=O) groups is 2. The molecule has 5 nitrogen and oxygen atoms in total. The van der Waals surface area contributed by atoms with Gasteiger partial charge in [0.1, 0.15) is 0 Å². The third-order valence-electron chi connectivity index (χ3n) is 3.00. The Bertz CT molecular complexity index is 641. The summed E-state index contributed by atoms with van der Waals surface area (Å²) < 4.78 is 0. The van der Waals surface area contributed by atoms with E-state index in [0.29, 0.717) is 11.4 Å². The molecule has 21 heavy (non-hydrogen) atoms. The van der Waals surface area contributed by atoms with Crippen molar-refractivity contribution in [1.82, 2.24) is 0 Å². The first-order valence-corrected chi connectivity index (χ1v) is 6.53. The molecule has 0 bridgehead atoms. The van der Waals surface area contributed by atoms with Crippen LogP contribution >= 0.6 is 0 Å². The monoisotopic (exact) mass is 283 g/mol. The molecule has 0 aliphatic carbocycles. The maximum absolute atomic E-state index is 11.9. The van der Waals surface area contributed by atoms with Crippen LogP contribution in [0.15, 0.2) is 54.6 Å². The molecule has 0 radical (unpaired) electrons. The van der Waals surface area contributed by atoms with Crippen LogP contribution in [0.5, 0.6) is 0 Å². The second-order valence-corrected chi connectivity index (χ2v) is 4.57. The van der Waals surface area contributed by atoms with Crippen LogP contribution in [0.3, 0.4) is 0 Å². The van der Waals surface area contributed by atoms with Crippen LogP contribution in [-0.2, 0) is 4.79 Å². The average molecular weight is 283 g/mol. The van der Waals surface area contributed by atoms with Crippen LogP contribution in [0, 0.1) is 0 Å². The standard InChI is InChI=1S/C16H17N3O2/c1-12(20)19(2)15-10-6-9-14(11-15)18-16(21)17-13-7-4-3-5-8-13/h3-11H,1-2H3,(H2,17,18,21). The van der Waals surface area contributed by atoms with Crippen molar-refractivity contribution >= 4 is 29.0 Å². The van der Waals surface area contributed by atoms with E-state index in [1.807, 2.05) is 24.3 Å². The van der Waals surface area contributed by atoms with E-state index >= 15 is 0 Å². The fourth-order valence-electron chi connectivity index (χ4n) is 1.79. The minimum atomic E-state index is -0.330. The van der Waals surface area contributed by atoms with Gasteiger partial charge in [0.05, 0.1) is 0 Å². The van der Waals surface area contributed by atoms with Crippen molar-refractivity contribution in [3.8, 4) is 0 Å². The number of carbonyl (C=O) groups excluding carboxylic acids is 2. The Balaban J connectivity index is 2.04. The van der Waals surface area contributed by atoms with E-state index in [4.69, 9.17) is 0 Å². The quantitative estimate of drug-likeness (QED) is 0.907. The topological polar surface area (TPSA) is 61.4 Å². The number of nitrogens with one attached hydrogen (secondary N) is 2. The smallest absolute Gasteiger partial charge is 0.316 e. The molecule has 0 aliphatic heterocycles. The number of urea groups is 1. The number of rotatable bonds is 3. The van der Waals surface area contributed by atoms with E-state index < -0.39 is 0 Å². The van der Waals surface area contributed by atoms with Gasteiger partial charge < -0.3 is 15.5 Å².